The van der Waals surface area contributed by atoms with E-state index in [1.165, 1.54) is 6.26 Å². The van der Waals surface area contributed by atoms with Crippen LogP contribution >= 0.6 is 0 Å². The molecule has 1 fully saturated rings. The molecule has 1 saturated heterocycles. The van der Waals surface area contributed by atoms with Crippen molar-refractivity contribution in [2.75, 3.05) is 25.9 Å². The number of aromatic hydroxyl groups is 1. The fraction of sp³-hybridized carbons (Fsp3) is 0.343. The van der Waals surface area contributed by atoms with Crippen molar-refractivity contribution < 1.29 is 32.5 Å². The van der Waals surface area contributed by atoms with Crippen LogP contribution in [0.5, 0.6) is 23.0 Å². The van der Waals surface area contributed by atoms with E-state index in [4.69, 9.17) is 14.2 Å². The second-order valence-electron chi connectivity index (χ2n) is 11.4. The molecular formula is C35H39NO7S. The predicted octanol–water partition coefficient (Wildman–Crippen LogP) is 6.98. The van der Waals surface area contributed by atoms with Crippen molar-refractivity contribution in [1.82, 2.24) is 4.90 Å². The van der Waals surface area contributed by atoms with Crippen molar-refractivity contribution in [2.45, 2.75) is 56.6 Å². The number of carbonyl (C=O) groups excluding carboxylic acids is 1. The van der Waals surface area contributed by atoms with E-state index in [9.17, 15) is 18.3 Å². The number of rotatable bonds is 13. The lowest BCUT2D eigenvalue weighted by Gasteiger charge is -2.39. The zero-order valence-corrected chi connectivity index (χ0v) is 26.2. The maximum absolute atomic E-state index is 12.0. The average Bonchev–Trinajstić information content (AvgIpc) is 2.96. The summed E-state index contributed by atoms with van der Waals surface area (Å²) >= 11 is 0. The summed E-state index contributed by atoms with van der Waals surface area (Å²) in [6, 6.07) is 23.2. The number of carbonyl (C=O) groups is 1. The zero-order chi connectivity index (χ0) is 31.3. The number of likely N-dealkylation sites (tertiary alicyclic amines) is 1. The number of phenols is 1. The summed E-state index contributed by atoms with van der Waals surface area (Å²) in [7, 11) is -3.32. The van der Waals surface area contributed by atoms with E-state index in [1.54, 1.807) is 36.4 Å². The third kappa shape index (κ3) is 7.89. The summed E-state index contributed by atoms with van der Waals surface area (Å²) in [5, 5.41) is 11.7. The van der Waals surface area contributed by atoms with Crippen LogP contribution in [0.3, 0.4) is 0 Å². The van der Waals surface area contributed by atoms with Crippen LogP contribution in [0.1, 0.15) is 39.5 Å². The number of benzene rings is 4. The standard InChI is InChI=1S/C35H39NO7S/c1-4-6-34(38)41-24(2)7-5-20-36-22-30(23-36)42-28-12-14-29(15-13-28)43-35-32(18-10-26-21-27(37)11-19-33(26)35)25-8-16-31(17-9-25)44(3,39)40/h8-19,21,24,30,37H,4-7,20,22-23H2,1-3H3. The van der Waals surface area contributed by atoms with Crippen molar-refractivity contribution in [3.8, 4) is 34.1 Å². The molecule has 0 aliphatic carbocycles. The highest BCUT2D eigenvalue weighted by Gasteiger charge is 2.28. The summed E-state index contributed by atoms with van der Waals surface area (Å²) in [5.41, 5.74) is 1.61. The summed E-state index contributed by atoms with van der Waals surface area (Å²) in [6.45, 7) is 6.58. The Morgan fingerprint density at radius 1 is 0.977 bits per heavy atom. The highest BCUT2D eigenvalue weighted by Crippen LogP contribution is 2.41. The molecule has 0 bridgehead atoms. The molecule has 0 amide bonds. The van der Waals surface area contributed by atoms with Gasteiger partial charge in [0.15, 0.2) is 9.84 Å². The van der Waals surface area contributed by atoms with Gasteiger partial charge in [-0.3, -0.25) is 9.69 Å². The van der Waals surface area contributed by atoms with Gasteiger partial charge in [-0.25, -0.2) is 8.42 Å². The van der Waals surface area contributed by atoms with Crippen LogP contribution < -0.4 is 9.47 Å². The molecule has 4 aromatic carbocycles. The molecule has 44 heavy (non-hydrogen) atoms. The molecule has 1 heterocycles. The SMILES string of the molecule is CCCC(=O)OC(C)CCCN1CC(Oc2ccc(Oc3c(-c4ccc(S(C)(=O)=O)cc4)ccc4cc(O)ccc34)cc2)C1. The van der Waals surface area contributed by atoms with E-state index in [0.717, 1.165) is 66.5 Å². The lowest BCUT2D eigenvalue weighted by molar-refractivity contribution is -0.148. The highest BCUT2D eigenvalue weighted by atomic mass is 32.2. The van der Waals surface area contributed by atoms with Gasteiger partial charge in [-0.15, -0.1) is 0 Å². The second-order valence-corrected chi connectivity index (χ2v) is 13.4. The van der Waals surface area contributed by atoms with E-state index in [1.807, 2.05) is 56.3 Å². The summed E-state index contributed by atoms with van der Waals surface area (Å²) in [5.74, 6) is 2.03. The molecule has 5 rings (SSSR count). The van der Waals surface area contributed by atoms with Gasteiger partial charge in [0.2, 0.25) is 0 Å². The van der Waals surface area contributed by atoms with Crippen LogP contribution in [0, 0.1) is 0 Å². The van der Waals surface area contributed by atoms with Crippen molar-refractivity contribution in [3.63, 3.8) is 0 Å². The summed E-state index contributed by atoms with van der Waals surface area (Å²) in [4.78, 5) is 14.2. The fourth-order valence-electron chi connectivity index (χ4n) is 5.33. The minimum absolute atomic E-state index is 0.0550. The molecule has 1 aliphatic rings. The van der Waals surface area contributed by atoms with Crippen LogP contribution in [0.25, 0.3) is 21.9 Å². The quantitative estimate of drug-likeness (QED) is 0.160. The van der Waals surface area contributed by atoms with Crippen LogP contribution in [-0.2, 0) is 19.4 Å². The minimum Gasteiger partial charge on any atom is -0.508 e. The molecular weight excluding hydrogens is 578 g/mol. The number of ether oxygens (including phenoxy) is 3. The molecule has 1 unspecified atom stereocenters. The Labute approximate surface area is 259 Å². The Hall–Kier alpha value is -4.08. The van der Waals surface area contributed by atoms with Crippen LogP contribution in [-0.4, -0.2) is 62.5 Å². The first-order valence-electron chi connectivity index (χ1n) is 15.0. The Bertz CT molecular complexity index is 1700. The Morgan fingerprint density at radius 3 is 2.36 bits per heavy atom. The highest BCUT2D eigenvalue weighted by molar-refractivity contribution is 7.90. The van der Waals surface area contributed by atoms with E-state index in [0.29, 0.717) is 17.9 Å². The topological polar surface area (TPSA) is 102 Å². The smallest absolute Gasteiger partial charge is 0.306 e. The van der Waals surface area contributed by atoms with Gasteiger partial charge in [0.1, 0.15) is 29.1 Å². The predicted molar refractivity (Wildman–Crippen MR) is 171 cm³/mol. The fourth-order valence-corrected chi connectivity index (χ4v) is 5.96. The maximum atomic E-state index is 12.0. The molecule has 9 heteroatoms. The first-order chi connectivity index (χ1) is 21.1. The number of hydrogen-bond acceptors (Lipinski definition) is 8. The third-order valence-corrected chi connectivity index (χ3v) is 8.82. The minimum atomic E-state index is -3.32. The van der Waals surface area contributed by atoms with Crippen LogP contribution in [0.2, 0.25) is 0 Å². The summed E-state index contributed by atoms with van der Waals surface area (Å²) in [6.07, 6.45) is 4.35. The average molecular weight is 618 g/mol. The van der Waals surface area contributed by atoms with E-state index < -0.39 is 9.84 Å². The molecule has 1 N–H and O–H groups in total. The number of esters is 1. The molecule has 1 atom stereocenters. The molecule has 4 aromatic rings. The van der Waals surface area contributed by atoms with Crippen LogP contribution in [0.4, 0.5) is 0 Å². The molecule has 0 spiro atoms. The maximum Gasteiger partial charge on any atom is 0.306 e. The van der Waals surface area contributed by atoms with E-state index in [-0.39, 0.29) is 28.8 Å². The van der Waals surface area contributed by atoms with Gasteiger partial charge in [-0.2, -0.15) is 0 Å². The second kappa shape index (κ2) is 13.7. The van der Waals surface area contributed by atoms with Gasteiger partial charge in [-0.05, 0) is 104 Å². The van der Waals surface area contributed by atoms with Gasteiger partial charge >= 0.3 is 5.97 Å². The van der Waals surface area contributed by atoms with Crippen molar-refractivity contribution in [1.29, 1.82) is 0 Å². The Balaban J connectivity index is 1.21. The number of fused-ring (bicyclic) bond motifs is 1. The number of hydrogen-bond donors (Lipinski definition) is 1. The molecule has 8 nitrogen and oxygen atoms in total. The largest absolute Gasteiger partial charge is 0.508 e. The number of nitrogens with zero attached hydrogens (tertiary/aromatic N) is 1. The van der Waals surface area contributed by atoms with E-state index in [2.05, 4.69) is 4.90 Å². The normalized spacial score (nSPS) is 14.6. The monoisotopic (exact) mass is 617 g/mol. The van der Waals surface area contributed by atoms with Crippen molar-refractivity contribution in [2.24, 2.45) is 0 Å². The van der Waals surface area contributed by atoms with Gasteiger partial charge in [0.25, 0.3) is 0 Å². The van der Waals surface area contributed by atoms with E-state index >= 15 is 0 Å². The molecule has 0 saturated carbocycles. The number of phenolic OH excluding ortho intramolecular Hbond substituents is 1. The van der Waals surface area contributed by atoms with Gasteiger partial charge in [-0.1, -0.05) is 25.1 Å². The van der Waals surface area contributed by atoms with Gasteiger partial charge in [0, 0.05) is 36.7 Å². The first kappa shape index (κ1) is 31.3. The molecule has 232 valence electrons. The molecule has 0 radical (unpaired) electrons. The lowest BCUT2D eigenvalue weighted by atomic mass is 9.99. The molecule has 1 aliphatic heterocycles. The zero-order valence-electron chi connectivity index (χ0n) is 25.4. The van der Waals surface area contributed by atoms with Gasteiger partial charge in [0.05, 0.1) is 11.0 Å². The lowest BCUT2D eigenvalue weighted by Crippen LogP contribution is -2.53. The molecule has 0 aromatic heterocycles. The first-order valence-corrected chi connectivity index (χ1v) is 16.9. The third-order valence-electron chi connectivity index (χ3n) is 7.69. The number of sulfone groups is 1. The Morgan fingerprint density at radius 2 is 1.68 bits per heavy atom. The van der Waals surface area contributed by atoms with Crippen molar-refractivity contribution in [3.05, 3.63) is 78.9 Å². The van der Waals surface area contributed by atoms with Crippen LogP contribution in [0.15, 0.2) is 83.8 Å². The van der Waals surface area contributed by atoms with Gasteiger partial charge < -0.3 is 19.3 Å². The Kier molecular flexibility index (Phi) is 9.76. The van der Waals surface area contributed by atoms with Crippen molar-refractivity contribution >= 4 is 26.6 Å². The summed E-state index contributed by atoms with van der Waals surface area (Å²) < 4.78 is 42.0.